The molecule has 1 aliphatic rings. The van der Waals surface area contributed by atoms with Crippen LogP contribution in [0.4, 0.5) is 11.4 Å². The number of rotatable bonds is 5. The standard InChI is InChI=1S/C24H32N2O/c1-7-26(8-2)20-14-13-19(18(3)17-20)15-16-24(27)23(4,5)21-11-9-10-12-22(21)25(24)6/h9-17,27H,7-8H2,1-6H3/b16-15+. The number of para-hydroxylation sites is 1. The van der Waals surface area contributed by atoms with E-state index in [2.05, 4.69) is 75.9 Å². The lowest BCUT2D eigenvalue weighted by atomic mass is 9.77. The maximum absolute atomic E-state index is 11.6. The Morgan fingerprint density at radius 2 is 1.74 bits per heavy atom. The van der Waals surface area contributed by atoms with Crippen LogP contribution in [0.3, 0.4) is 0 Å². The summed E-state index contributed by atoms with van der Waals surface area (Å²) in [7, 11) is 1.97. The van der Waals surface area contributed by atoms with Crippen LogP contribution in [0.1, 0.15) is 44.4 Å². The van der Waals surface area contributed by atoms with Crippen molar-refractivity contribution in [3.63, 3.8) is 0 Å². The van der Waals surface area contributed by atoms with Gasteiger partial charge in [0.1, 0.15) is 0 Å². The van der Waals surface area contributed by atoms with Crippen molar-refractivity contribution in [2.45, 2.75) is 45.8 Å². The van der Waals surface area contributed by atoms with Crippen molar-refractivity contribution in [2.24, 2.45) is 0 Å². The third-order valence-corrected chi connectivity index (χ3v) is 6.25. The zero-order chi connectivity index (χ0) is 19.8. The Hall–Kier alpha value is -2.26. The fourth-order valence-corrected chi connectivity index (χ4v) is 4.25. The Labute approximate surface area is 163 Å². The fourth-order valence-electron chi connectivity index (χ4n) is 4.25. The molecule has 1 N–H and O–H groups in total. The largest absolute Gasteiger partial charge is 0.372 e. The molecule has 1 unspecified atom stereocenters. The molecule has 0 aliphatic carbocycles. The summed E-state index contributed by atoms with van der Waals surface area (Å²) in [5.74, 6) is 0. The lowest BCUT2D eigenvalue weighted by Gasteiger charge is -2.39. The van der Waals surface area contributed by atoms with Crippen molar-refractivity contribution in [1.29, 1.82) is 0 Å². The smallest absolute Gasteiger partial charge is 0.166 e. The van der Waals surface area contributed by atoms with E-state index >= 15 is 0 Å². The molecular weight excluding hydrogens is 332 g/mol. The minimum atomic E-state index is -1.07. The van der Waals surface area contributed by atoms with Gasteiger partial charge in [0.25, 0.3) is 0 Å². The van der Waals surface area contributed by atoms with Crippen molar-refractivity contribution in [2.75, 3.05) is 29.9 Å². The van der Waals surface area contributed by atoms with Crippen molar-refractivity contribution >= 4 is 17.5 Å². The highest BCUT2D eigenvalue weighted by Crippen LogP contribution is 2.50. The Morgan fingerprint density at radius 3 is 2.33 bits per heavy atom. The zero-order valence-corrected chi connectivity index (χ0v) is 17.5. The molecule has 1 atom stereocenters. The third kappa shape index (κ3) is 3.04. The van der Waals surface area contributed by atoms with Gasteiger partial charge < -0.3 is 14.9 Å². The Morgan fingerprint density at radius 1 is 1.07 bits per heavy atom. The van der Waals surface area contributed by atoms with Gasteiger partial charge in [-0.2, -0.15) is 0 Å². The van der Waals surface area contributed by atoms with Gasteiger partial charge >= 0.3 is 0 Å². The van der Waals surface area contributed by atoms with Crippen LogP contribution in [-0.2, 0) is 5.41 Å². The molecule has 3 rings (SSSR count). The average Bonchev–Trinajstić information content (AvgIpc) is 2.81. The third-order valence-electron chi connectivity index (χ3n) is 6.25. The molecule has 0 saturated carbocycles. The van der Waals surface area contributed by atoms with Gasteiger partial charge in [-0.05, 0) is 61.7 Å². The minimum absolute atomic E-state index is 0.399. The van der Waals surface area contributed by atoms with Crippen molar-refractivity contribution in [1.82, 2.24) is 0 Å². The summed E-state index contributed by atoms with van der Waals surface area (Å²) in [4.78, 5) is 4.33. The molecule has 2 aromatic rings. The van der Waals surface area contributed by atoms with Crippen molar-refractivity contribution in [3.8, 4) is 0 Å². The molecule has 3 heteroatoms. The molecule has 1 heterocycles. The number of hydrogen-bond donors (Lipinski definition) is 1. The zero-order valence-electron chi connectivity index (χ0n) is 17.5. The van der Waals surface area contributed by atoms with Gasteiger partial charge in [0.05, 0.1) is 0 Å². The summed E-state index contributed by atoms with van der Waals surface area (Å²) in [6, 6.07) is 14.8. The van der Waals surface area contributed by atoms with Gasteiger partial charge in [-0.15, -0.1) is 0 Å². The Kier molecular flexibility index (Phi) is 5.09. The van der Waals surface area contributed by atoms with Gasteiger partial charge in [0.2, 0.25) is 0 Å². The molecule has 0 radical (unpaired) electrons. The minimum Gasteiger partial charge on any atom is -0.372 e. The van der Waals surface area contributed by atoms with Crippen LogP contribution in [0.2, 0.25) is 0 Å². The molecule has 3 nitrogen and oxygen atoms in total. The molecule has 0 amide bonds. The van der Waals surface area contributed by atoms with Crippen LogP contribution in [0, 0.1) is 6.92 Å². The maximum Gasteiger partial charge on any atom is 0.166 e. The molecule has 1 aliphatic heterocycles. The molecule has 0 spiro atoms. The Balaban J connectivity index is 1.94. The van der Waals surface area contributed by atoms with E-state index in [1.54, 1.807) is 0 Å². The summed E-state index contributed by atoms with van der Waals surface area (Å²) in [6.07, 6.45) is 4.01. The molecule has 144 valence electrons. The SMILES string of the molecule is CCN(CC)c1ccc(/C=C/C2(O)N(C)c3ccccc3C2(C)C)c(C)c1. The summed E-state index contributed by atoms with van der Waals surface area (Å²) in [6.45, 7) is 12.7. The predicted molar refractivity (Wildman–Crippen MR) is 117 cm³/mol. The number of likely N-dealkylation sites (N-methyl/N-ethyl adjacent to an activating group) is 1. The van der Waals surface area contributed by atoms with E-state index in [0.717, 1.165) is 24.3 Å². The van der Waals surface area contributed by atoms with E-state index in [1.807, 2.05) is 30.2 Å². The van der Waals surface area contributed by atoms with E-state index in [0.29, 0.717) is 0 Å². The quantitative estimate of drug-likeness (QED) is 0.811. The second-order valence-electron chi connectivity index (χ2n) is 7.97. The normalized spacial score (nSPS) is 20.9. The number of benzene rings is 2. The highest BCUT2D eigenvalue weighted by molar-refractivity contribution is 5.69. The molecule has 2 aromatic carbocycles. The van der Waals surface area contributed by atoms with E-state index < -0.39 is 11.1 Å². The van der Waals surface area contributed by atoms with Gasteiger partial charge in [0, 0.05) is 36.9 Å². The number of anilines is 2. The van der Waals surface area contributed by atoms with Crippen LogP contribution in [0.15, 0.2) is 48.5 Å². The monoisotopic (exact) mass is 364 g/mol. The average molecular weight is 365 g/mol. The molecule has 0 aromatic heterocycles. The van der Waals surface area contributed by atoms with Crippen LogP contribution in [0.25, 0.3) is 6.08 Å². The fraction of sp³-hybridized carbons (Fsp3) is 0.417. The molecule has 0 fully saturated rings. The summed E-state index contributed by atoms with van der Waals surface area (Å²) < 4.78 is 0. The van der Waals surface area contributed by atoms with Crippen LogP contribution in [0.5, 0.6) is 0 Å². The molecule has 27 heavy (non-hydrogen) atoms. The van der Waals surface area contributed by atoms with Crippen LogP contribution < -0.4 is 9.80 Å². The van der Waals surface area contributed by atoms with Crippen molar-refractivity contribution < 1.29 is 5.11 Å². The second-order valence-corrected chi connectivity index (χ2v) is 7.97. The number of aryl methyl sites for hydroxylation is 1. The summed E-state index contributed by atoms with van der Waals surface area (Å²) in [5.41, 5.74) is 4.40. The first kappa shape index (κ1) is 19.5. The summed E-state index contributed by atoms with van der Waals surface area (Å²) in [5, 5.41) is 11.6. The first-order valence-corrected chi connectivity index (χ1v) is 9.86. The molecule has 0 bridgehead atoms. The second kappa shape index (κ2) is 7.05. The lowest BCUT2D eigenvalue weighted by Crippen LogP contribution is -2.52. The van der Waals surface area contributed by atoms with Gasteiger partial charge in [-0.3, -0.25) is 0 Å². The Bertz CT molecular complexity index is 851. The van der Waals surface area contributed by atoms with E-state index in [1.165, 1.54) is 16.8 Å². The number of aliphatic hydroxyl groups is 1. The van der Waals surface area contributed by atoms with Crippen LogP contribution >= 0.6 is 0 Å². The first-order chi connectivity index (χ1) is 12.8. The van der Waals surface area contributed by atoms with Gasteiger partial charge in [0.15, 0.2) is 5.72 Å². The number of fused-ring (bicyclic) bond motifs is 1. The van der Waals surface area contributed by atoms with Gasteiger partial charge in [-0.1, -0.05) is 44.2 Å². The highest BCUT2D eigenvalue weighted by atomic mass is 16.3. The molecule has 0 saturated heterocycles. The first-order valence-electron chi connectivity index (χ1n) is 9.86. The van der Waals surface area contributed by atoms with Crippen LogP contribution in [-0.4, -0.2) is 31.0 Å². The lowest BCUT2D eigenvalue weighted by molar-refractivity contribution is 0.0348. The maximum atomic E-state index is 11.6. The molecular formula is C24H32N2O. The van der Waals surface area contributed by atoms with Gasteiger partial charge in [-0.25, -0.2) is 0 Å². The number of hydrogen-bond acceptors (Lipinski definition) is 3. The number of nitrogens with zero attached hydrogens (tertiary/aromatic N) is 2. The van der Waals surface area contributed by atoms with E-state index in [4.69, 9.17) is 0 Å². The topological polar surface area (TPSA) is 26.7 Å². The predicted octanol–water partition coefficient (Wildman–Crippen LogP) is 4.97. The van der Waals surface area contributed by atoms with E-state index in [9.17, 15) is 5.11 Å². The van der Waals surface area contributed by atoms with E-state index in [-0.39, 0.29) is 0 Å². The highest BCUT2D eigenvalue weighted by Gasteiger charge is 2.53. The van der Waals surface area contributed by atoms with Crippen molar-refractivity contribution in [3.05, 3.63) is 65.2 Å². The summed E-state index contributed by atoms with van der Waals surface area (Å²) >= 11 is 0.